The SMILES string of the molecule is Cc1ccc(C)c(Sc2ccc(NC(=O)CSc3nnc(-n4nc(C)cc4C)n3N)cc2)c1. The van der Waals surface area contributed by atoms with Gasteiger partial charge in [0.15, 0.2) is 0 Å². The van der Waals surface area contributed by atoms with E-state index in [0.717, 1.165) is 22.0 Å². The highest BCUT2D eigenvalue weighted by molar-refractivity contribution is 7.99. The van der Waals surface area contributed by atoms with Crippen molar-refractivity contribution in [2.45, 2.75) is 42.6 Å². The van der Waals surface area contributed by atoms with Crippen LogP contribution >= 0.6 is 23.5 Å². The Kier molecular flexibility index (Phi) is 6.75. The Labute approximate surface area is 200 Å². The van der Waals surface area contributed by atoms with Crippen molar-refractivity contribution in [3.8, 4) is 5.95 Å². The van der Waals surface area contributed by atoms with Crippen molar-refractivity contribution in [3.63, 3.8) is 0 Å². The van der Waals surface area contributed by atoms with Crippen LogP contribution < -0.4 is 11.2 Å². The van der Waals surface area contributed by atoms with Gasteiger partial charge in [0.2, 0.25) is 11.1 Å². The summed E-state index contributed by atoms with van der Waals surface area (Å²) in [6.45, 7) is 8.01. The second-order valence-corrected chi connectivity index (χ2v) is 9.78. The molecule has 4 aromatic rings. The van der Waals surface area contributed by atoms with Crippen molar-refractivity contribution < 1.29 is 4.79 Å². The predicted molar refractivity (Wildman–Crippen MR) is 133 cm³/mol. The van der Waals surface area contributed by atoms with E-state index in [1.54, 1.807) is 16.4 Å². The van der Waals surface area contributed by atoms with Gasteiger partial charge in [-0.1, -0.05) is 35.7 Å². The molecule has 0 aliphatic rings. The van der Waals surface area contributed by atoms with Crippen molar-refractivity contribution in [3.05, 3.63) is 71.0 Å². The molecule has 0 atom stereocenters. The molecule has 2 aromatic carbocycles. The van der Waals surface area contributed by atoms with E-state index in [-0.39, 0.29) is 11.7 Å². The predicted octanol–water partition coefficient (Wildman–Crippen LogP) is 4.29. The number of anilines is 1. The quantitative estimate of drug-likeness (QED) is 0.301. The molecule has 0 unspecified atom stereocenters. The van der Waals surface area contributed by atoms with Crippen LogP contribution in [0.4, 0.5) is 5.69 Å². The van der Waals surface area contributed by atoms with Crippen molar-refractivity contribution in [2.75, 3.05) is 16.9 Å². The first-order chi connectivity index (χ1) is 15.8. The fourth-order valence-electron chi connectivity index (χ4n) is 3.22. The molecule has 4 rings (SSSR count). The topological polar surface area (TPSA) is 104 Å². The molecule has 33 heavy (non-hydrogen) atoms. The maximum Gasteiger partial charge on any atom is 0.271 e. The molecule has 0 fully saturated rings. The number of amides is 1. The molecule has 2 heterocycles. The summed E-state index contributed by atoms with van der Waals surface area (Å²) in [6.07, 6.45) is 0. The van der Waals surface area contributed by atoms with Gasteiger partial charge in [-0.25, -0.2) is 9.36 Å². The lowest BCUT2D eigenvalue weighted by molar-refractivity contribution is -0.113. The largest absolute Gasteiger partial charge is 0.334 e. The average molecular weight is 480 g/mol. The van der Waals surface area contributed by atoms with E-state index >= 15 is 0 Å². The zero-order valence-electron chi connectivity index (χ0n) is 18.9. The first-order valence-corrected chi connectivity index (χ1v) is 12.1. The number of hydrogen-bond acceptors (Lipinski definition) is 7. The Morgan fingerprint density at radius 2 is 1.79 bits per heavy atom. The number of benzene rings is 2. The molecule has 0 radical (unpaired) electrons. The number of hydrogen-bond donors (Lipinski definition) is 2. The molecule has 0 bridgehead atoms. The third-order valence-corrected chi connectivity index (χ3v) is 7.00. The lowest BCUT2D eigenvalue weighted by Crippen LogP contribution is -2.18. The number of nitrogens with zero attached hydrogens (tertiary/aromatic N) is 5. The number of aryl methyl sites for hydroxylation is 4. The van der Waals surface area contributed by atoms with Gasteiger partial charge >= 0.3 is 0 Å². The van der Waals surface area contributed by atoms with Gasteiger partial charge in [-0.05, 0) is 75.2 Å². The smallest absolute Gasteiger partial charge is 0.271 e. The van der Waals surface area contributed by atoms with Gasteiger partial charge in [-0.15, -0.1) is 10.2 Å². The third kappa shape index (κ3) is 5.40. The minimum absolute atomic E-state index is 0.148. The lowest BCUT2D eigenvalue weighted by Gasteiger charge is -2.09. The monoisotopic (exact) mass is 479 g/mol. The highest BCUT2D eigenvalue weighted by Crippen LogP contribution is 2.31. The summed E-state index contributed by atoms with van der Waals surface area (Å²) in [5.74, 6) is 6.54. The van der Waals surface area contributed by atoms with E-state index in [1.165, 1.54) is 32.5 Å². The normalized spacial score (nSPS) is 11.0. The molecular weight excluding hydrogens is 454 g/mol. The molecule has 2 aromatic heterocycles. The first-order valence-electron chi connectivity index (χ1n) is 10.3. The summed E-state index contributed by atoms with van der Waals surface area (Å²) in [7, 11) is 0. The van der Waals surface area contributed by atoms with E-state index in [1.807, 2.05) is 44.2 Å². The van der Waals surface area contributed by atoms with E-state index in [9.17, 15) is 4.79 Å². The van der Waals surface area contributed by atoms with E-state index < -0.39 is 0 Å². The number of rotatable bonds is 7. The van der Waals surface area contributed by atoms with Gasteiger partial charge in [0.25, 0.3) is 5.95 Å². The molecule has 3 N–H and O–H groups in total. The fraction of sp³-hybridized carbons (Fsp3) is 0.217. The van der Waals surface area contributed by atoms with Gasteiger partial charge in [-0.3, -0.25) is 4.79 Å². The van der Waals surface area contributed by atoms with Gasteiger partial charge in [0.05, 0.1) is 11.4 Å². The van der Waals surface area contributed by atoms with Gasteiger partial charge in [0, 0.05) is 21.2 Å². The number of nitrogen functional groups attached to an aromatic ring is 1. The number of aromatic nitrogens is 5. The van der Waals surface area contributed by atoms with E-state index in [4.69, 9.17) is 5.84 Å². The molecular formula is C23H25N7OS2. The summed E-state index contributed by atoms with van der Waals surface area (Å²) in [6, 6.07) is 16.2. The number of thioether (sulfide) groups is 1. The van der Waals surface area contributed by atoms with Crippen LogP contribution in [0, 0.1) is 27.7 Å². The molecule has 10 heteroatoms. The second kappa shape index (κ2) is 9.72. The van der Waals surface area contributed by atoms with E-state index in [0.29, 0.717) is 11.1 Å². The molecule has 0 spiro atoms. The van der Waals surface area contributed by atoms with Crippen LogP contribution in [-0.2, 0) is 4.79 Å². The summed E-state index contributed by atoms with van der Waals surface area (Å²) in [5.41, 5.74) is 4.99. The number of carbonyl (C=O) groups is 1. The Hall–Kier alpha value is -3.24. The number of nitrogens with two attached hydrogens (primary N) is 1. The minimum atomic E-state index is -0.148. The summed E-state index contributed by atoms with van der Waals surface area (Å²) >= 11 is 2.93. The number of nitrogens with one attached hydrogen (secondary N) is 1. The van der Waals surface area contributed by atoms with Gasteiger partial charge < -0.3 is 11.2 Å². The van der Waals surface area contributed by atoms with Crippen LogP contribution in [0.2, 0.25) is 0 Å². The highest BCUT2D eigenvalue weighted by atomic mass is 32.2. The zero-order valence-corrected chi connectivity index (χ0v) is 20.5. The Morgan fingerprint density at radius 3 is 2.48 bits per heavy atom. The molecule has 170 valence electrons. The van der Waals surface area contributed by atoms with Crippen molar-refractivity contribution in [1.82, 2.24) is 24.7 Å². The van der Waals surface area contributed by atoms with Crippen LogP contribution in [0.3, 0.4) is 0 Å². The van der Waals surface area contributed by atoms with Gasteiger partial charge in [-0.2, -0.15) is 5.10 Å². The maximum atomic E-state index is 12.4. The molecule has 1 amide bonds. The van der Waals surface area contributed by atoms with E-state index in [2.05, 4.69) is 52.7 Å². The van der Waals surface area contributed by atoms with Crippen LogP contribution in [0.15, 0.2) is 63.5 Å². The summed E-state index contributed by atoms with van der Waals surface area (Å²) in [5, 5.41) is 15.9. The fourth-order valence-corrected chi connectivity index (χ4v) is 4.87. The molecule has 0 saturated carbocycles. The van der Waals surface area contributed by atoms with Crippen LogP contribution in [0.5, 0.6) is 0 Å². The molecule has 0 saturated heterocycles. The summed E-state index contributed by atoms with van der Waals surface area (Å²) in [4.78, 5) is 14.8. The average Bonchev–Trinajstić information content (AvgIpc) is 3.31. The van der Waals surface area contributed by atoms with Crippen molar-refractivity contribution >= 4 is 35.1 Å². The Balaban J connectivity index is 1.34. The summed E-state index contributed by atoms with van der Waals surface area (Å²) < 4.78 is 2.97. The number of carbonyl (C=O) groups excluding carboxylic acids is 1. The first kappa shape index (κ1) is 22.9. The molecule has 0 aliphatic carbocycles. The highest BCUT2D eigenvalue weighted by Gasteiger charge is 2.16. The second-order valence-electron chi connectivity index (χ2n) is 7.72. The van der Waals surface area contributed by atoms with Crippen molar-refractivity contribution in [2.24, 2.45) is 0 Å². The zero-order chi connectivity index (χ0) is 23.5. The molecule has 0 aliphatic heterocycles. The Morgan fingerprint density at radius 1 is 1.03 bits per heavy atom. The maximum absolute atomic E-state index is 12.4. The molecule has 8 nitrogen and oxygen atoms in total. The van der Waals surface area contributed by atoms with Crippen molar-refractivity contribution in [1.29, 1.82) is 0 Å². The third-order valence-electron chi connectivity index (χ3n) is 4.89. The van der Waals surface area contributed by atoms with Crippen LogP contribution in [-0.4, -0.2) is 36.3 Å². The standard InChI is InChI=1S/C23H25N7OS2/c1-14-5-6-15(2)20(11-14)33-19-9-7-18(8-10-19)25-21(31)13-32-23-27-26-22(29(23)24)30-17(4)12-16(3)28-30/h5-12H,13,24H2,1-4H3,(H,25,31). The van der Waals surface area contributed by atoms with Crippen LogP contribution in [0.1, 0.15) is 22.5 Å². The van der Waals surface area contributed by atoms with Crippen LogP contribution in [0.25, 0.3) is 5.95 Å². The lowest BCUT2D eigenvalue weighted by atomic mass is 10.2. The van der Waals surface area contributed by atoms with Gasteiger partial charge in [0.1, 0.15) is 0 Å². The minimum Gasteiger partial charge on any atom is -0.334 e. The Bertz CT molecular complexity index is 1290.